The second kappa shape index (κ2) is 6.51. The topological polar surface area (TPSA) is 91.0 Å². The maximum absolute atomic E-state index is 11.6. The summed E-state index contributed by atoms with van der Waals surface area (Å²) in [4.78, 5) is 21.2. The van der Waals surface area contributed by atoms with E-state index in [9.17, 15) is 15.0 Å². The van der Waals surface area contributed by atoms with E-state index in [0.29, 0.717) is 44.2 Å². The zero-order valence-corrected chi connectivity index (χ0v) is 14.9. The Balaban J connectivity index is 2.44. The van der Waals surface area contributed by atoms with E-state index in [1.165, 1.54) is 7.05 Å². The molecule has 0 aliphatic heterocycles. The van der Waals surface area contributed by atoms with Crippen molar-refractivity contribution in [1.82, 2.24) is 14.4 Å². The Morgan fingerprint density at radius 3 is 2.64 bits per heavy atom. The molecular formula is C16H14Cl2N4O3. The lowest BCUT2D eigenvalue weighted by Crippen LogP contribution is -2.26. The summed E-state index contributed by atoms with van der Waals surface area (Å²) in [6, 6.07) is 4.95. The van der Waals surface area contributed by atoms with E-state index >= 15 is 0 Å². The lowest BCUT2D eigenvalue weighted by molar-refractivity contribution is 0.203. The fraction of sp³-hybridized carbons (Fsp3) is 0.188. The van der Waals surface area contributed by atoms with Crippen LogP contribution in [0.1, 0.15) is 11.4 Å². The van der Waals surface area contributed by atoms with Gasteiger partial charge in [0, 0.05) is 23.8 Å². The first kappa shape index (κ1) is 17.5. The van der Waals surface area contributed by atoms with Crippen LogP contribution in [0, 0.1) is 6.92 Å². The number of amides is 1. The summed E-state index contributed by atoms with van der Waals surface area (Å²) in [5, 5.41) is 19.6. The molecule has 130 valence electrons. The van der Waals surface area contributed by atoms with Crippen LogP contribution >= 0.6 is 23.2 Å². The van der Waals surface area contributed by atoms with Gasteiger partial charge in [-0.3, -0.25) is 9.30 Å². The zero-order valence-electron chi connectivity index (χ0n) is 13.4. The molecule has 0 aliphatic carbocycles. The predicted molar refractivity (Wildman–Crippen MR) is 95.5 cm³/mol. The molecule has 7 nitrogen and oxygen atoms in total. The first-order valence-electron chi connectivity index (χ1n) is 7.25. The molecule has 25 heavy (non-hydrogen) atoms. The molecule has 0 unspecified atom stereocenters. The van der Waals surface area contributed by atoms with E-state index in [2.05, 4.69) is 9.97 Å². The average Bonchev–Trinajstić information content (AvgIpc) is 2.96. The number of halogens is 2. The van der Waals surface area contributed by atoms with Gasteiger partial charge in [0.2, 0.25) is 5.78 Å². The number of benzene rings is 1. The average molecular weight is 381 g/mol. The van der Waals surface area contributed by atoms with E-state index in [-0.39, 0.29) is 6.61 Å². The normalized spacial score (nSPS) is 11.1. The van der Waals surface area contributed by atoms with E-state index in [1.807, 2.05) is 0 Å². The molecule has 0 bridgehead atoms. The lowest BCUT2D eigenvalue weighted by Gasteiger charge is -2.21. The minimum atomic E-state index is -1.14. The van der Waals surface area contributed by atoms with Crippen molar-refractivity contribution in [3.8, 4) is 11.3 Å². The third-order valence-electron chi connectivity index (χ3n) is 3.78. The molecule has 9 heteroatoms. The number of nitrogens with zero attached hydrogens (tertiary/aromatic N) is 4. The molecule has 1 aromatic carbocycles. The summed E-state index contributed by atoms with van der Waals surface area (Å²) in [6.45, 7) is 1.43. The highest BCUT2D eigenvalue weighted by molar-refractivity contribution is 6.36. The van der Waals surface area contributed by atoms with Crippen LogP contribution in [0.3, 0.4) is 0 Å². The quantitative estimate of drug-likeness (QED) is 0.723. The molecule has 0 atom stereocenters. The van der Waals surface area contributed by atoms with Gasteiger partial charge in [-0.1, -0.05) is 23.2 Å². The number of fused-ring (bicyclic) bond motifs is 1. The van der Waals surface area contributed by atoms with Crippen LogP contribution < -0.4 is 4.90 Å². The molecule has 2 heterocycles. The predicted octanol–water partition coefficient (Wildman–Crippen LogP) is 3.62. The molecule has 0 aliphatic rings. The van der Waals surface area contributed by atoms with Crippen molar-refractivity contribution in [2.45, 2.75) is 13.5 Å². The number of hydrogen-bond donors (Lipinski definition) is 2. The molecule has 1 amide bonds. The van der Waals surface area contributed by atoms with E-state index in [4.69, 9.17) is 23.2 Å². The summed E-state index contributed by atoms with van der Waals surface area (Å²) in [7, 11) is 1.43. The van der Waals surface area contributed by atoms with Crippen LogP contribution in [0.2, 0.25) is 10.0 Å². The van der Waals surface area contributed by atoms with Gasteiger partial charge in [-0.2, -0.15) is 0 Å². The molecule has 0 fully saturated rings. The first-order valence-corrected chi connectivity index (χ1v) is 8.00. The van der Waals surface area contributed by atoms with Crippen molar-refractivity contribution >= 4 is 40.8 Å². The number of anilines is 1. The van der Waals surface area contributed by atoms with Crippen molar-refractivity contribution in [1.29, 1.82) is 0 Å². The number of aliphatic hydroxyl groups excluding tert-OH is 1. The Morgan fingerprint density at radius 1 is 1.32 bits per heavy atom. The highest BCUT2D eigenvalue weighted by atomic mass is 35.5. The Kier molecular flexibility index (Phi) is 4.55. The van der Waals surface area contributed by atoms with Gasteiger partial charge in [-0.05, 0) is 25.1 Å². The molecule has 0 spiro atoms. The van der Waals surface area contributed by atoms with Gasteiger partial charge >= 0.3 is 6.09 Å². The fourth-order valence-electron chi connectivity index (χ4n) is 2.66. The maximum Gasteiger partial charge on any atom is 0.411 e. The molecule has 0 radical (unpaired) electrons. The standard InChI is InChI=1S/C16H14Cl2N4O3/c1-8-13(21(2)16(24)25)14(11-4-3-9(17)5-12(11)18)22-6-10(7-23)20-15(22)19-8/h3-6,23H,7H2,1-2H3,(H,24,25). The van der Waals surface area contributed by atoms with E-state index in [1.54, 1.807) is 35.7 Å². The van der Waals surface area contributed by atoms with Gasteiger partial charge in [0.15, 0.2) is 0 Å². The number of imidazole rings is 1. The third-order valence-corrected chi connectivity index (χ3v) is 4.33. The van der Waals surface area contributed by atoms with Crippen molar-refractivity contribution in [2.24, 2.45) is 0 Å². The number of carboxylic acid groups (broad SMARTS) is 1. The number of carbonyl (C=O) groups is 1. The second-order valence-electron chi connectivity index (χ2n) is 5.42. The molecular weight excluding hydrogens is 367 g/mol. The minimum absolute atomic E-state index is 0.264. The third kappa shape index (κ3) is 3.02. The largest absolute Gasteiger partial charge is 0.465 e. The summed E-state index contributed by atoms with van der Waals surface area (Å²) in [6.07, 6.45) is 0.458. The highest BCUT2D eigenvalue weighted by Gasteiger charge is 2.24. The van der Waals surface area contributed by atoms with Crippen LogP contribution in [-0.4, -0.2) is 37.7 Å². The Bertz CT molecular complexity index is 987. The fourth-order valence-corrected chi connectivity index (χ4v) is 3.16. The lowest BCUT2D eigenvalue weighted by atomic mass is 10.1. The first-order chi connectivity index (χ1) is 11.8. The number of rotatable bonds is 3. The second-order valence-corrected chi connectivity index (χ2v) is 6.26. The Morgan fingerprint density at radius 2 is 2.04 bits per heavy atom. The molecule has 3 rings (SSSR count). The van der Waals surface area contributed by atoms with Gasteiger partial charge in [-0.25, -0.2) is 14.8 Å². The molecule has 3 aromatic rings. The van der Waals surface area contributed by atoms with Crippen LogP contribution in [0.4, 0.5) is 10.5 Å². The van der Waals surface area contributed by atoms with E-state index in [0.717, 1.165) is 4.90 Å². The summed E-state index contributed by atoms with van der Waals surface area (Å²) in [5.74, 6) is 0.338. The SMILES string of the molecule is Cc1nc2nc(CO)cn2c(-c2ccc(Cl)cc2Cl)c1N(C)C(=O)O. The maximum atomic E-state index is 11.6. The number of hydrogen-bond acceptors (Lipinski definition) is 4. The minimum Gasteiger partial charge on any atom is -0.465 e. The summed E-state index contributed by atoms with van der Waals surface area (Å²) in [5.41, 5.74) is 2.32. The zero-order chi connectivity index (χ0) is 18.3. The summed E-state index contributed by atoms with van der Waals surface area (Å²) < 4.78 is 1.61. The van der Waals surface area contributed by atoms with E-state index < -0.39 is 6.09 Å². The van der Waals surface area contributed by atoms with Crippen molar-refractivity contribution < 1.29 is 15.0 Å². The van der Waals surface area contributed by atoms with Crippen molar-refractivity contribution in [2.75, 3.05) is 11.9 Å². The van der Waals surface area contributed by atoms with Gasteiger partial charge in [0.25, 0.3) is 0 Å². The van der Waals surface area contributed by atoms with Gasteiger partial charge < -0.3 is 10.2 Å². The molecule has 0 saturated carbocycles. The van der Waals surface area contributed by atoms with Crippen LogP contribution in [0.25, 0.3) is 17.0 Å². The smallest absolute Gasteiger partial charge is 0.411 e. The monoisotopic (exact) mass is 380 g/mol. The number of aliphatic hydroxyl groups is 1. The highest BCUT2D eigenvalue weighted by Crippen LogP contribution is 2.38. The van der Waals surface area contributed by atoms with Crippen LogP contribution in [-0.2, 0) is 6.61 Å². The van der Waals surface area contributed by atoms with Gasteiger partial charge in [0.1, 0.15) is 0 Å². The van der Waals surface area contributed by atoms with Gasteiger partial charge in [0.05, 0.1) is 34.4 Å². The number of aromatic nitrogens is 3. The van der Waals surface area contributed by atoms with Crippen LogP contribution in [0.15, 0.2) is 24.4 Å². The Labute approximate surface area is 153 Å². The molecule has 2 aromatic heterocycles. The molecule has 2 N–H and O–H groups in total. The van der Waals surface area contributed by atoms with Gasteiger partial charge in [-0.15, -0.1) is 0 Å². The van der Waals surface area contributed by atoms with Crippen molar-refractivity contribution in [3.05, 3.63) is 45.8 Å². The Hall–Kier alpha value is -2.35. The molecule has 0 saturated heterocycles. The van der Waals surface area contributed by atoms with Crippen LogP contribution in [0.5, 0.6) is 0 Å². The van der Waals surface area contributed by atoms with Crippen molar-refractivity contribution in [3.63, 3.8) is 0 Å². The summed E-state index contributed by atoms with van der Waals surface area (Å²) >= 11 is 12.3. The number of aryl methyl sites for hydroxylation is 1.